The van der Waals surface area contributed by atoms with Gasteiger partial charge in [-0.05, 0) is 49.5 Å². The highest BCUT2D eigenvalue weighted by atomic mass is 32.1. The van der Waals surface area contributed by atoms with Gasteiger partial charge in [-0.1, -0.05) is 82.7 Å². The zero-order valence-corrected chi connectivity index (χ0v) is 31.2. The maximum atomic E-state index is 13.4. The van der Waals surface area contributed by atoms with Gasteiger partial charge in [-0.25, -0.2) is 19.4 Å². The second-order valence-corrected chi connectivity index (χ2v) is 15.0. The summed E-state index contributed by atoms with van der Waals surface area (Å²) < 4.78 is 17.8. The van der Waals surface area contributed by atoms with Crippen molar-refractivity contribution in [3.63, 3.8) is 0 Å². The van der Waals surface area contributed by atoms with E-state index in [4.69, 9.17) is 14.2 Å². The molecular formula is C38H50N2O11S. The Labute approximate surface area is 307 Å². The highest BCUT2D eigenvalue weighted by Gasteiger charge is 2.85. The van der Waals surface area contributed by atoms with Crippen molar-refractivity contribution in [2.24, 2.45) is 23.7 Å². The molecule has 3 heterocycles. The van der Waals surface area contributed by atoms with E-state index in [1.54, 1.807) is 13.1 Å². The minimum atomic E-state index is -3.47. The van der Waals surface area contributed by atoms with Crippen LogP contribution in [0.25, 0.3) is 0 Å². The number of fused-ring (bicyclic) bond motifs is 2. The number of hydrogen-bond donors (Lipinski definition) is 5. The van der Waals surface area contributed by atoms with Crippen LogP contribution in [0.2, 0.25) is 0 Å². The predicted octanol–water partition coefficient (Wildman–Crippen LogP) is 4.94. The fourth-order valence-corrected chi connectivity index (χ4v) is 8.17. The lowest BCUT2D eigenvalue weighted by molar-refractivity contribution is -0.383. The number of benzene rings is 1. The third-order valence-corrected chi connectivity index (χ3v) is 11.2. The van der Waals surface area contributed by atoms with Gasteiger partial charge in [0.15, 0.2) is 11.2 Å². The van der Waals surface area contributed by atoms with E-state index in [2.05, 4.69) is 23.8 Å². The number of hydrogen-bond acceptors (Lipinski definition) is 12. The van der Waals surface area contributed by atoms with Gasteiger partial charge in [-0.3, -0.25) is 4.79 Å². The number of ketones is 1. The Morgan fingerprint density at radius 2 is 1.81 bits per heavy atom. The summed E-state index contributed by atoms with van der Waals surface area (Å²) in [5.74, 6) is -8.25. The molecule has 5 N–H and O–H groups in total. The molecule has 2 bridgehead atoms. The molecule has 0 radical (unpaired) electrons. The molecule has 4 rings (SSSR count). The van der Waals surface area contributed by atoms with Gasteiger partial charge in [0.25, 0.3) is 0 Å². The number of aliphatic hydroxyl groups excluding tert-OH is 1. The number of allylic oxidation sites excluding steroid dienone is 2. The Morgan fingerprint density at radius 1 is 1.13 bits per heavy atom. The highest BCUT2D eigenvalue weighted by molar-refractivity contribution is 7.13. The predicted molar refractivity (Wildman–Crippen MR) is 192 cm³/mol. The van der Waals surface area contributed by atoms with Crippen LogP contribution in [0.1, 0.15) is 77.7 Å². The van der Waals surface area contributed by atoms with Crippen molar-refractivity contribution in [3.05, 3.63) is 71.3 Å². The highest BCUT2D eigenvalue weighted by Crippen LogP contribution is 2.59. The van der Waals surface area contributed by atoms with E-state index in [0.29, 0.717) is 23.0 Å². The Balaban J connectivity index is 1.76. The molecule has 2 aliphatic rings. The van der Waals surface area contributed by atoms with Crippen LogP contribution in [-0.4, -0.2) is 85.3 Å². The minimum Gasteiger partial charge on any atom is -0.479 e. The van der Waals surface area contributed by atoms with Crippen LogP contribution < -0.4 is 5.32 Å². The van der Waals surface area contributed by atoms with E-state index in [1.807, 2.05) is 51.1 Å². The van der Waals surface area contributed by atoms with Crippen LogP contribution in [0.15, 0.2) is 60.0 Å². The topological polar surface area (TPSA) is 202 Å². The first kappa shape index (κ1) is 40.8. The zero-order chi connectivity index (χ0) is 38.6. The number of nitrogens with zero attached hydrogens (tertiary/aromatic N) is 1. The first-order valence-corrected chi connectivity index (χ1v) is 18.3. The number of anilines is 1. The van der Waals surface area contributed by atoms with Gasteiger partial charge in [-0.15, -0.1) is 11.3 Å². The van der Waals surface area contributed by atoms with Crippen molar-refractivity contribution in [1.29, 1.82) is 0 Å². The quantitative estimate of drug-likeness (QED) is 0.0782. The normalized spacial score (nSPS) is 29.2. The summed E-state index contributed by atoms with van der Waals surface area (Å²) in [6, 6.07) is 9.59. The number of carboxylic acids is 2. The van der Waals surface area contributed by atoms with Crippen molar-refractivity contribution in [2.45, 2.75) is 102 Å². The van der Waals surface area contributed by atoms with E-state index in [9.17, 15) is 39.6 Å². The molecule has 2 fully saturated rings. The van der Waals surface area contributed by atoms with Crippen LogP contribution in [0.5, 0.6) is 0 Å². The van der Waals surface area contributed by atoms with E-state index in [0.717, 1.165) is 35.8 Å². The number of aliphatic carboxylic acids is 2. The fourth-order valence-electron chi connectivity index (χ4n) is 7.48. The summed E-state index contributed by atoms with van der Waals surface area (Å²) >= 11 is 1.04. The Kier molecular flexibility index (Phi) is 12.9. The molecule has 0 amide bonds. The van der Waals surface area contributed by atoms with E-state index >= 15 is 0 Å². The number of rotatable bonds is 18. The monoisotopic (exact) mass is 742 g/mol. The van der Waals surface area contributed by atoms with E-state index in [-0.39, 0.29) is 36.2 Å². The smallest absolute Gasteiger partial charge is 0.344 e. The number of aliphatic hydroxyl groups is 2. The molecule has 52 heavy (non-hydrogen) atoms. The van der Waals surface area contributed by atoms with E-state index in [1.165, 1.54) is 12.3 Å². The standard InChI is InChI=1S/C38H50N2O11S/c1-8-21(2)18-22(3)14-15-28(42)49-32-30(43)36(17-16-23(4)29(25(6)41)24(5)19-26-12-10-9-11-13-26)50-31(27-20-52-35(39-7)40-27)37(48,33(44)45)38(32,51-36)34(46)47/h9-15,20-22,24,29-32,43,48H,4,8,16-19H2,1-3,5-7H3,(H,39,40)(H,44,45)(H,46,47)/b15-14+/t21-,22+,24+,29+,30+,31+,32+,36-,37+,38-/m0/s1. The van der Waals surface area contributed by atoms with Gasteiger partial charge >= 0.3 is 17.9 Å². The molecule has 2 aliphatic heterocycles. The number of thiazole rings is 1. The number of esters is 1. The summed E-state index contributed by atoms with van der Waals surface area (Å²) in [7, 11) is 1.56. The molecule has 1 aromatic heterocycles. The van der Waals surface area contributed by atoms with Crippen LogP contribution in [0.4, 0.5) is 5.13 Å². The van der Waals surface area contributed by atoms with Gasteiger partial charge in [0, 0.05) is 30.8 Å². The molecule has 2 saturated heterocycles. The zero-order valence-electron chi connectivity index (χ0n) is 30.4. The SMILES string of the molecule is C=C(CC[C@]12O[C@H](c3csc(NC)n3)[C@@](O)(C(=O)O)[C@](C(=O)O)(O1)[C@H](OC(=O)/C=C/[C@@H](C)C[C@@H](C)CC)[C@H]2O)[C@@H](C(C)=O)[C@H](C)Cc1ccccc1. The van der Waals surface area contributed by atoms with Crippen LogP contribution >= 0.6 is 11.3 Å². The largest absolute Gasteiger partial charge is 0.479 e. The van der Waals surface area contributed by atoms with Crippen LogP contribution in [0, 0.1) is 23.7 Å². The summed E-state index contributed by atoms with van der Waals surface area (Å²) in [6.07, 6.45) is -1.93. The van der Waals surface area contributed by atoms with E-state index < -0.39 is 59.1 Å². The molecule has 10 atom stereocenters. The maximum Gasteiger partial charge on any atom is 0.344 e. The van der Waals surface area contributed by atoms with Crippen LogP contribution in [-0.2, 0) is 39.8 Å². The third kappa shape index (κ3) is 7.72. The molecule has 13 nitrogen and oxygen atoms in total. The van der Waals surface area contributed by atoms with Crippen molar-refractivity contribution < 1.29 is 53.8 Å². The Bertz CT molecular complexity index is 1660. The summed E-state index contributed by atoms with van der Waals surface area (Å²) in [4.78, 5) is 57.0. The molecule has 0 unspecified atom stereocenters. The molecule has 0 aliphatic carbocycles. The summed E-state index contributed by atoms with van der Waals surface area (Å²) in [5.41, 5.74) is -5.46. The number of nitrogens with one attached hydrogen (secondary N) is 1. The number of carboxylic acid groups (broad SMARTS) is 2. The van der Waals surface area contributed by atoms with Crippen molar-refractivity contribution in [3.8, 4) is 0 Å². The Morgan fingerprint density at radius 3 is 2.37 bits per heavy atom. The summed E-state index contributed by atoms with van der Waals surface area (Å²) in [5, 5.41) is 49.9. The fraction of sp³-hybridized carbons (Fsp3) is 0.553. The first-order chi connectivity index (χ1) is 24.5. The second kappa shape index (κ2) is 16.4. The lowest BCUT2D eigenvalue weighted by atomic mass is 9.74. The van der Waals surface area contributed by atoms with Gasteiger partial charge in [0.05, 0.1) is 5.69 Å². The maximum absolute atomic E-state index is 13.4. The van der Waals surface area contributed by atoms with Gasteiger partial charge < -0.3 is 40.0 Å². The number of Topliss-reactive ketones (excluding diaryl/α,β-unsaturated/α-hetero) is 1. The second-order valence-electron chi connectivity index (χ2n) is 14.2. The van der Waals surface area contributed by atoms with Crippen molar-refractivity contribution in [2.75, 3.05) is 12.4 Å². The lowest BCUT2D eigenvalue weighted by Crippen LogP contribution is -2.74. The third-order valence-electron chi connectivity index (χ3n) is 10.3. The van der Waals surface area contributed by atoms with Gasteiger partial charge in [0.2, 0.25) is 17.0 Å². The number of aromatic nitrogens is 1. The number of carbonyl (C=O) groups is 4. The number of ether oxygens (including phenoxy) is 3. The van der Waals surface area contributed by atoms with Crippen molar-refractivity contribution >= 4 is 40.2 Å². The molecular weight excluding hydrogens is 692 g/mol. The van der Waals surface area contributed by atoms with Crippen LogP contribution in [0.3, 0.4) is 0 Å². The molecule has 2 aromatic rings. The summed E-state index contributed by atoms with van der Waals surface area (Å²) in [6.45, 7) is 13.5. The molecule has 14 heteroatoms. The average molecular weight is 743 g/mol. The van der Waals surface area contributed by atoms with Gasteiger partial charge in [-0.2, -0.15) is 0 Å². The number of carbonyl (C=O) groups excluding carboxylic acids is 2. The van der Waals surface area contributed by atoms with Gasteiger partial charge in [0.1, 0.15) is 18.0 Å². The first-order valence-electron chi connectivity index (χ1n) is 17.5. The van der Waals surface area contributed by atoms with Crippen molar-refractivity contribution in [1.82, 2.24) is 4.98 Å². The molecule has 0 spiro atoms. The molecule has 284 valence electrons. The lowest BCUT2D eigenvalue weighted by Gasteiger charge is -2.49. The molecule has 1 aromatic carbocycles. The Hall–Kier alpha value is -3.95. The molecule has 0 saturated carbocycles. The minimum absolute atomic E-state index is 0.0547. The average Bonchev–Trinajstić information content (AvgIpc) is 3.65.